The Morgan fingerprint density at radius 1 is 1.60 bits per heavy atom. The zero-order valence-corrected chi connectivity index (χ0v) is 7.80. The average Bonchev–Trinajstić information content (AvgIpc) is 2.50. The average molecular weight is 229 g/mol. The van der Waals surface area contributed by atoms with E-state index in [2.05, 4.69) is 5.32 Å². The van der Waals surface area contributed by atoms with Gasteiger partial charge in [0.05, 0.1) is 0 Å². The summed E-state index contributed by atoms with van der Waals surface area (Å²) in [5, 5.41) is 9.78. The van der Waals surface area contributed by atoms with Gasteiger partial charge in [0.15, 0.2) is 0 Å². The van der Waals surface area contributed by atoms with Crippen LogP contribution >= 0.6 is 0 Å². The Labute approximate surface area is 83.2 Å². The number of alkyl halides is 3. The van der Waals surface area contributed by atoms with E-state index in [0.29, 0.717) is 0 Å². The number of carboxylic acids is 1. The van der Waals surface area contributed by atoms with Crippen LogP contribution in [0.1, 0.15) is 6.42 Å². The van der Waals surface area contributed by atoms with E-state index in [4.69, 9.17) is 14.6 Å². The summed E-state index contributed by atoms with van der Waals surface area (Å²) in [5.41, 5.74) is 0. The van der Waals surface area contributed by atoms with Gasteiger partial charge in [-0.15, -0.1) is 0 Å². The lowest BCUT2D eigenvalue weighted by atomic mass is 10.3. The van der Waals surface area contributed by atoms with Crippen LogP contribution in [0.4, 0.5) is 13.2 Å². The summed E-state index contributed by atoms with van der Waals surface area (Å²) in [6.45, 7) is 0.761. The molecule has 1 aliphatic rings. The number of hydrogen-bond acceptors (Lipinski definition) is 3. The van der Waals surface area contributed by atoms with Gasteiger partial charge in [-0.05, 0) is 6.42 Å². The van der Waals surface area contributed by atoms with E-state index < -0.39 is 12.1 Å². The van der Waals surface area contributed by atoms with Crippen molar-refractivity contribution in [3.05, 3.63) is 0 Å². The van der Waals surface area contributed by atoms with Crippen LogP contribution in [-0.4, -0.2) is 42.9 Å². The van der Waals surface area contributed by atoms with Crippen molar-refractivity contribution < 1.29 is 32.6 Å². The second kappa shape index (κ2) is 5.54. The predicted molar refractivity (Wildman–Crippen MR) is 42.1 cm³/mol. The van der Waals surface area contributed by atoms with Gasteiger partial charge in [0.1, 0.15) is 6.10 Å². The zero-order valence-electron chi connectivity index (χ0n) is 7.80. The van der Waals surface area contributed by atoms with E-state index >= 15 is 0 Å². The lowest BCUT2D eigenvalue weighted by molar-refractivity contribution is -0.192. The standard InChI is InChI=1S/C5H9NO2.C2HF3O2/c1-8-4-2-3-6-5(4)7;3-2(4,5)1(6)7/h4H,2-3H2,1H3,(H,6,7);(H,6,7). The SMILES string of the molecule is COC1CCNC1=O.O=C(O)C(F)(F)F. The third-order valence-electron chi connectivity index (χ3n) is 1.53. The molecule has 0 radical (unpaired) electrons. The molecule has 1 fully saturated rings. The molecule has 1 aliphatic heterocycles. The molecule has 88 valence electrons. The van der Waals surface area contributed by atoms with Gasteiger partial charge in [-0.2, -0.15) is 13.2 Å². The Hall–Kier alpha value is -1.31. The number of amides is 1. The molecule has 5 nitrogen and oxygen atoms in total. The molecule has 2 N–H and O–H groups in total. The fourth-order valence-corrected chi connectivity index (χ4v) is 0.796. The number of nitrogens with one attached hydrogen (secondary N) is 1. The first-order chi connectivity index (χ1) is 6.79. The van der Waals surface area contributed by atoms with Crippen LogP contribution < -0.4 is 5.32 Å². The molecule has 8 heteroatoms. The number of hydrogen-bond donors (Lipinski definition) is 2. The molecule has 1 amide bonds. The highest BCUT2D eigenvalue weighted by atomic mass is 19.4. The summed E-state index contributed by atoms with van der Waals surface area (Å²) in [4.78, 5) is 19.5. The number of aliphatic carboxylic acids is 1. The number of carbonyl (C=O) groups excluding carboxylic acids is 1. The van der Waals surface area contributed by atoms with Crippen LogP contribution in [0.2, 0.25) is 0 Å². The molecule has 0 aromatic carbocycles. The largest absolute Gasteiger partial charge is 0.490 e. The van der Waals surface area contributed by atoms with Crippen LogP contribution in [0.5, 0.6) is 0 Å². The Kier molecular flexibility index (Phi) is 5.06. The minimum Gasteiger partial charge on any atom is -0.475 e. The van der Waals surface area contributed by atoms with Crippen LogP contribution in [0, 0.1) is 0 Å². The molecule has 1 rings (SSSR count). The number of rotatable bonds is 1. The van der Waals surface area contributed by atoms with Crippen molar-refractivity contribution in [2.24, 2.45) is 0 Å². The second-order valence-corrected chi connectivity index (χ2v) is 2.61. The maximum atomic E-state index is 10.6. The summed E-state index contributed by atoms with van der Waals surface area (Å²) in [6.07, 6.45) is -4.45. The predicted octanol–water partition coefficient (Wildman–Crippen LogP) is 0.155. The highest BCUT2D eigenvalue weighted by Crippen LogP contribution is 2.13. The van der Waals surface area contributed by atoms with Gasteiger partial charge in [-0.25, -0.2) is 4.79 Å². The summed E-state index contributed by atoms with van der Waals surface area (Å²) in [7, 11) is 1.55. The summed E-state index contributed by atoms with van der Waals surface area (Å²) >= 11 is 0. The highest BCUT2D eigenvalue weighted by Gasteiger charge is 2.38. The fraction of sp³-hybridized carbons (Fsp3) is 0.714. The van der Waals surface area contributed by atoms with Gasteiger partial charge in [-0.1, -0.05) is 0 Å². The number of halogens is 3. The Morgan fingerprint density at radius 2 is 2.07 bits per heavy atom. The van der Waals surface area contributed by atoms with Crippen molar-refractivity contribution in [1.29, 1.82) is 0 Å². The normalized spacial score (nSPS) is 20.3. The van der Waals surface area contributed by atoms with Crippen LogP contribution in [-0.2, 0) is 14.3 Å². The third kappa shape index (κ3) is 5.21. The Morgan fingerprint density at radius 3 is 2.20 bits per heavy atom. The van der Waals surface area contributed by atoms with Crippen molar-refractivity contribution >= 4 is 11.9 Å². The van der Waals surface area contributed by atoms with Gasteiger partial charge in [0, 0.05) is 13.7 Å². The maximum absolute atomic E-state index is 10.6. The second-order valence-electron chi connectivity index (χ2n) is 2.61. The van der Waals surface area contributed by atoms with Crippen LogP contribution in [0.3, 0.4) is 0 Å². The first kappa shape index (κ1) is 13.7. The number of methoxy groups -OCH3 is 1. The monoisotopic (exact) mass is 229 g/mol. The van der Waals surface area contributed by atoms with Gasteiger partial charge >= 0.3 is 12.1 Å². The minimum absolute atomic E-state index is 0.0208. The van der Waals surface area contributed by atoms with E-state index in [1.54, 1.807) is 7.11 Å². The smallest absolute Gasteiger partial charge is 0.475 e. The maximum Gasteiger partial charge on any atom is 0.490 e. The van der Waals surface area contributed by atoms with Crippen LogP contribution in [0.25, 0.3) is 0 Å². The summed E-state index contributed by atoms with van der Waals surface area (Å²) < 4.78 is 36.5. The molecular weight excluding hydrogens is 219 g/mol. The molecule has 0 aromatic rings. The molecule has 1 atom stereocenters. The molecule has 0 aliphatic carbocycles. The molecule has 0 bridgehead atoms. The summed E-state index contributed by atoms with van der Waals surface area (Å²) in [6, 6.07) is 0. The van der Waals surface area contributed by atoms with Crippen molar-refractivity contribution in [3.8, 4) is 0 Å². The summed E-state index contributed by atoms with van der Waals surface area (Å²) in [5.74, 6) is -2.74. The van der Waals surface area contributed by atoms with E-state index in [9.17, 15) is 18.0 Å². The molecular formula is C7H10F3NO4. The van der Waals surface area contributed by atoms with Crippen molar-refractivity contribution in [2.45, 2.75) is 18.7 Å². The molecule has 1 heterocycles. The molecule has 0 aromatic heterocycles. The minimum atomic E-state index is -5.08. The number of carbonyl (C=O) groups is 2. The molecule has 15 heavy (non-hydrogen) atoms. The topological polar surface area (TPSA) is 75.6 Å². The zero-order chi connectivity index (χ0) is 12.1. The lowest BCUT2D eigenvalue weighted by Gasteiger charge is -1.99. The Bertz CT molecular complexity index is 241. The van der Waals surface area contributed by atoms with Crippen molar-refractivity contribution in [1.82, 2.24) is 5.32 Å². The molecule has 0 saturated carbocycles. The van der Waals surface area contributed by atoms with Gasteiger partial charge in [0.25, 0.3) is 0 Å². The number of carboxylic acid groups (broad SMARTS) is 1. The third-order valence-corrected chi connectivity index (χ3v) is 1.53. The fourth-order valence-electron chi connectivity index (χ4n) is 0.796. The quantitative estimate of drug-likeness (QED) is 0.671. The highest BCUT2D eigenvalue weighted by molar-refractivity contribution is 5.82. The van der Waals surface area contributed by atoms with E-state index in [1.807, 2.05) is 0 Å². The van der Waals surface area contributed by atoms with Crippen molar-refractivity contribution in [3.63, 3.8) is 0 Å². The Balaban J connectivity index is 0.000000265. The van der Waals surface area contributed by atoms with E-state index in [0.717, 1.165) is 13.0 Å². The lowest BCUT2D eigenvalue weighted by Crippen LogP contribution is -2.23. The number of ether oxygens (including phenoxy) is 1. The van der Waals surface area contributed by atoms with Gasteiger partial charge < -0.3 is 15.2 Å². The van der Waals surface area contributed by atoms with Gasteiger partial charge in [0.2, 0.25) is 5.91 Å². The van der Waals surface area contributed by atoms with Crippen molar-refractivity contribution in [2.75, 3.05) is 13.7 Å². The first-order valence-electron chi connectivity index (χ1n) is 3.89. The van der Waals surface area contributed by atoms with E-state index in [-0.39, 0.29) is 12.0 Å². The molecule has 1 saturated heterocycles. The van der Waals surface area contributed by atoms with Gasteiger partial charge in [-0.3, -0.25) is 4.79 Å². The molecule has 0 spiro atoms. The van der Waals surface area contributed by atoms with Crippen LogP contribution in [0.15, 0.2) is 0 Å². The van der Waals surface area contributed by atoms with E-state index in [1.165, 1.54) is 0 Å². The molecule has 1 unspecified atom stereocenters. The first-order valence-corrected chi connectivity index (χ1v) is 3.89.